The molecular formula is C19H18N4OS. The lowest BCUT2D eigenvalue weighted by Gasteiger charge is -2.05. The average molecular weight is 350 g/mol. The Balaban J connectivity index is 1.73. The van der Waals surface area contributed by atoms with Gasteiger partial charge in [-0.2, -0.15) is 14.9 Å². The first-order valence-corrected chi connectivity index (χ1v) is 8.25. The van der Waals surface area contributed by atoms with Crippen LogP contribution in [0.1, 0.15) is 18.3 Å². The Morgan fingerprint density at radius 1 is 1.16 bits per heavy atom. The van der Waals surface area contributed by atoms with Crippen LogP contribution in [0.25, 0.3) is 6.08 Å². The van der Waals surface area contributed by atoms with Crippen LogP contribution >= 0.6 is 12.2 Å². The van der Waals surface area contributed by atoms with Crippen LogP contribution in [0, 0.1) is 4.77 Å². The van der Waals surface area contributed by atoms with Gasteiger partial charge in [-0.1, -0.05) is 54.6 Å². The molecule has 3 aromatic rings. The van der Waals surface area contributed by atoms with Crippen LogP contribution in [-0.2, 0) is 6.61 Å². The van der Waals surface area contributed by atoms with E-state index in [0.717, 1.165) is 16.9 Å². The van der Waals surface area contributed by atoms with Gasteiger partial charge in [-0.25, -0.2) is 5.10 Å². The van der Waals surface area contributed by atoms with Gasteiger partial charge in [-0.3, -0.25) is 0 Å². The van der Waals surface area contributed by atoms with Gasteiger partial charge in [0.05, 0.1) is 6.21 Å². The third kappa shape index (κ3) is 4.74. The van der Waals surface area contributed by atoms with Crippen LogP contribution in [0.4, 0.5) is 0 Å². The van der Waals surface area contributed by atoms with Gasteiger partial charge in [0.2, 0.25) is 4.77 Å². The Hall–Kier alpha value is -2.99. The monoisotopic (exact) mass is 350 g/mol. The second-order valence-electron chi connectivity index (χ2n) is 5.40. The maximum atomic E-state index is 5.71. The third-order valence-corrected chi connectivity index (χ3v) is 3.66. The van der Waals surface area contributed by atoms with Crippen molar-refractivity contribution in [3.05, 3.63) is 82.4 Å². The predicted molar refractivity (Wildman–Crippen MR) is 102 cm³/mol. The SMILES string of the molecule is CC(/C=N\n1c(COc2ccccc2)n[nH]c1=S)=C\c1ccccc1. The van der Waals surface area contributed by atoms with Crippen LogP contribution in [0.5, 0.6) is 5.75 Å². The van der Waals surface area contributed by atoms with Crippen molar-refractivity contribution in [3.8, 4) is 5.75 Å². The summed E-state index contributed by atoms with van der Waals surface area (Å²) in [5.41, 5.74) is 2.12. The van der Waals surface area contributed by atoms with Gasteiger partial charge >= 0.3 is 0 Å². The lowest BCUT2D eigenvalue weighted by molar-refractivity contribution is 0.290. The summed E-state index contributed by atoms with van der Waals surface area (Å²) in [4.78, 5) is 0. The van der Waals surface area contributed by atoms with E-state index in [1.165, 1.54) is 0 Å². The van der Waals surface area contributed by atoms with E-state index in [2.05, 4.69) is 15.3 Å². The number of para-hydroxylation sites is 1. The van der Waals surface area contributed by atoms with Crippen molar-refractivity contribution in [3.63, 3.8) is 0 Å². The fraction of sp³-hybridized carbons (Fsp3) is 0.105. The van der Waals surface area contributed by atoms with Crippen LogP contribution in [0.2, 0.25) is 0 Å². The Labute approximate surface area is 151 Å². The van der Waals surface area contributed by atoms with Gasteiger partial charge in [0.25, 0.3) is 0 Å². The van der Waals surface area contributed by atoms with Gasteiger partial charge < -0.3 is 4.74 Å². The first-order chi connectivity index (χ1) is 12.2. The van der Waals surface area contributed by atoms with E-state index in [1.807, 2.05) is 73.7 Å². The summed E-state index contributed by atoms with van der Waals surface area (Å²) in [7, 11) is 0. The van der Waals surface area contributed by atoms with Crippen molar-refractivity contribution >= 4 is 24.5 Å². The topological polar surface area (TPSA) is 55.2 Å². The molecule has 0 aliphatic rings. The van der Waals surface area contributed by atoms with Crippen molar-refractivity contribution in [2.75, 3.05) is 0 Å². The summed E-state index contributed by atoms with van der Waals surface area (Å²) in [5, 5.41) is 11.3. The quantitative estimate of drug-likeness (QED) is 0.527. The molecule has 0 amide bonds. The third-order valence-electron chi connectivity index (χ3n) is 3.40. The van der Waals surface area contributed by atoms with Crippen LogP contribution in [0.15, 0.2) is 71.3 Å². The number of hydrogen-bond acceptors (Lipinski definition) is 4. The zero-order valence-corrected chi connectivity index (χ0v) is 14.6. The minimum Gasteiger partial charge on any atom is -0.486 e. The lowest BCUT2D eigenvalue weighted by atomic mass is 10.1. The molecule has 5 nitrogen and oxygen atoms in total. The minimum absolute atomic E-state index is 0.274. The van der Waals surface area contributed by atoms with E-state index in [0.29, 0.717) is 10.6 Å². The molecule has 25 heavy (non-hydrogen) atoms. The number of aromatic amines is 1. The van der Waals surface area contributed by atoms with Crippen molar-refractivity contribution in [1.82, 2.24) is 14.9 Å². The molecule has 2 aromatic carbocycles. The van der Waals surface area contributed by atoms with E-state index < -0.39 is 0 Å². The first-order valence-electron chi connectivity index (χ1n) is 7.84. The Morgan fingerprint density at radius 3 is 2.56 bits per heavy atom. The number of nitrogens with zero attached hydrogens (tertiary/aromatic N) is 3. The van der Waals surface area contributed by atoms with Gasteiger partial charge in [0, 0.05) is 0 Å². The summed E-state index contributed by atoms with van der Waals surface area (Å²) in [6.07, 6.45) is 3.80. The highest BCUT2D eigenvalue weighted by Gasteiger charge is 2.05. The minimum atomic E-state index is 0.274. The number of nitrogens with one attached hydrogen (secondary N) is 1. The second kappa shape index (κ2) is 8.21. The molecule has 0 aliphatic heterocycles. The van der Waals surface area contributed by atoms with E-state index in [4.69, 9.17) is 17.0 Å². The largest absolute Gasteiger partial charge is 0.486 e. The molecule has 0 saturated heterocycles. The number of rotatable bonds is 6. The number of ether oxygens (including phenoxy) is 1. The smallest absolute Gasteiger partial charge is 0.216 e. The first kappa shape index (κ1) is 16.9. The van der Waals surface area contributed by atoms with Gasteiger partial charge in [-0.05, 0) is 42.4 Å². The average Bonchev–Trinajstić information content (AvgIpc) is 3.00. The van der Waals surface area contributed by atoms with E-state index in [-0.39, 0.29) is 6.61 Å². The maximum absolute atomic E-state index is 5.71. The fourth-order valence-electron chi connectivity index (χ4n) is 2.20. The van der Waals surface area contributed by atoms with Crippen LogP contribution in [0.3, 0.4) is 0 Å². The van der Waals surface area contributed by atoms with Crippen molar-refractivity contribution in [2.45, 2.75) is 13.5 Å². The summed E-state index contributed by atoms with van der Waals surface area (Å²) in [6, 6.07) is 19.6. The number of H-pyrrole nitrogens is 1. The molecule has 0 bridgehead atoms. The maximum Gasteiger partial charge on any atom is 0.216 e. The summed E-state index contributed by atoms with van der Waals surface area (Å²) in [6.45, 7) is 2.26. The molecule has 0 radical (unpaired) electrons. The Morgan fingerprint density at radius 2 is 1.84 bits per heavy atom. The summed E-state index contributed by atoms with van der Waals surface area (Å²) in [5.74, 6) is 1.38. The molecule has 6 heteroatoms. The molecular weight excluding hydrogens is 332 g/mol. The molecule has 0 fully saturated rings. The highest BCUT2D eigenvalue weighted by Crippen LogP contribution is 2.11. The summed E-state index contributed by atoms with van der Waals surface area (Å²) >= 11 is 5.24. The van der Waals surface area contributed by atoms with Crippen molar-refractivity contribution in [2.24, 2.45) is 5.10 Å². The van der Waals surface area contributed by atoms with Gasteiger partial charge in [-0.15, -0.1) is 0 Å². The molecule has 3 rings (SSSR count). The molecule has 1 heterocycles. The van der Waals surface area contributed by atoms with E-state index >= 15 is 0 Å². The zero-order valence-electron chi connectivity index (χ0n) is 13.8. The highest BCUT2D eigenvalue weighted by atomic mass is 32.1. The second-order valence-corrected chi connectivity index (χ2v) is 5.79. The molecule has 0 saturated carbocycles. The van der Waals surface area contributed by atoms with E-state index in [9.17, 15) is 0 Å². The Kier molecular flexibility index (Phi) is 5.53. The molecule has 0 spiro atoms. The van der Waals surface area contributed by atoms with Crippen LogP contribution in [-0.4, -0.2) is 21.1 Å². The van der Waals surface area contributed by atoms with Crippen LogP contribution < -0.4 is 4.74 Å². The molecule has 126 valence electrons. The molecule has 1 N–H and O–H groups in total. The highest BCUT2D eigenvalue weighted by molar-refractivity contribution is 7.71. The van der Waals surface area contributed by atoms with Crippen molar-refractivity contribution in [1.29, 1.82) is 0 Å². The number of allylic oxidation sites excluding steroid dienone is 1. The molecule has 0 atom stereocenters. The van der Waals surface area contributed by atoms with E-state index in [1.54, 1.807) is 10.9 Å². The predicted octanol–water partition coefficient (Wildman–Crippen LogP) is 4.46. The normalized spacial score (nSPS) is 11.8. The fourth-order valence-corrected chi connectivity index (χ4v) is 2.40. The lowest BCUT2D eigenvalue weighted by Crippen LogP contribution is -2.04. The van der Waals surface area contributed by atoms with Crippen molar-refractivity contribution < 1.29 is 4.74 Å². The Bertz CT molecular complexity index is 927. The number of hydrogen-bond donors (Lipinski definition) is 1. The number of benzene rings is 2. The zero-order chi connectivity index (χ0) is 17.5. The molecule has 0 unspecified atom stereocenters. The standard InChI is InChI=1S/C19H18N4OS/c1-15(12-16-8-4-2-5-9-16)13-20-23-18(21-22-19(23)25)14-24-17-10-6-3-7-11-17/h2-13H,14H2,1H3,(H,22,25)/b15-12+,20-13-. The van der Waals surface area contributed by atoms with Gasteiger partial charge in [0.1, 0.15) is 12.4 Å². The number of aromatic nitrogens is 3. The van der Waals surface area contributed by atoms with Gasteiger partial charge in [0.15, 0.2) is 5.82 Å². The summed E-state index contributed by atoms with van der Waals surface area (Å²) < 4.78 is 7.71. The molecule has 1 aromatic heterocycles. The molecule has 0 aliphatic carbocycles.